The van der Waals surface area contributed by atoms with Gasteiger partial charge in [-0.05, 0) is 68.8 Å². The van der Waals surface area contributed by atoms with Crippen LogP contribution in [0.15, 0.2) is 133 Å². The summed E-state index contributed by atoms with van der Waals surface area (Å²) in [5.41, 5.74) is 14.8. The lowest BCUT2D eigenvalue weighted by Gasteiger charge is -2.24. The van der Waals surface area contributed by atoms with Gasteiger partial charge in [-0.1, -0.05) is 148 Å². The smallest absolute Gasteiger partial charge is 0.0784 e. The fraction of sp³-hybridized carbons (Fsp3) is 0.146. The Hall–Kier alpha value is -4.53. The van der Waals surface area contributed by atoms with E-state index in [1.54, 1.807) is 5.19 Å². The number of benzene rings is 5. The predicted molar refractivity (Wildman–Crippen MR) is 187 cm³/mol. The Balaban J connectivity index is 1.34. The zero-order chi connectivity index (χ0) is 29.8. The van der Waals surface area contributed by atoms with E-state index < -0.39 is 8.07 Å². The van der Waals surface area contributed by atoms with E-state index in [9.17, 15) is 0 Å². The Morgan fingerprint density at radius 1 is 0.465 bits per heavy atom. The van der Waals surface area contributed by atoms with Crippen molar-refractivity contribution in [1.82, 2.24) is 4.98 Å². The number of hydrogen-bond acceptors (Lipinski definition) is 1. The summed E-state index contributed by atoms with van der Waals surface area (Å²) < 4.78 is 0. The van der Waals surface area contributed by atoms with Gasteiger partial charge in [-0.25, -0.2) is 4.98 Å². The van der Waals surface area contributed by atoms with Gasteiger partial charge in [0.25, 0.3) is 0 Å². The molecule has 0 aliphatic heterocycles. The second-order valence-electron chi connectivity index (χ2n) is 13.3. The third-order valence-electron chi connectivity index (χ3n) is 9.00. The standard InChI is InChI=1S/C41H37NSi/c1-41(2)35-20-13-21-39(43(3,4)5)40(35)34-23-22-31(25-36(34)41)30-18-12-19-32(24-30)38-27-33(28-14-8-6-9-15-28)26-37(42-38)29-16-10-7-11-17-29/h6-27H,1-5H3. The highest BCUT2D eigenvalue weighted by Gasteiger charge is 2.38. The van der Waals surface area contributed by atoms with Crippen LogP contribution < -0.4 is 5.19 Å². The minimum absolute atomic E-state index is 0.0376. The lowest BCUT2D eigenvalue weighted by molar-refractivity contribution is 0.661. The molecule has 0 atom stereocenters. The van der Waals surface area contributed by atoms with Crippen molar-refractivity contribution in [2.75, 3.05) is 0 Å². The molecule has 0 saturated heterocycles. The number of fused-ring (bicyclic) bond motifs is 3. The quantitative estimate of drug-likeness (QED) is 0.188. The molecular formula is C41H37NSi. The molecule has 0 radical (unpaired) electrons. The molecule has 0 spiro atoms. The molecule has 0 bridgehead atoms. The van der Waals surface area contributed by atoms with Crippen LogP contribution in [0.4, 0.5) is 0 Å². The first-order chi connectivity index (χ1) is 20.7. The van der Waals surface area contributed by atoms with Crippen LogP contribution in [0.1, 0.15) is 25.0 Å². The van der Waals surface area contributed by atoms with E-state index in [-0.39, 0.29) is 5.41 Å². The summed E-state index contributed by atoms with van der Waals surface area (Å²) in [5.74, 6) is 0. The minimum Gasteiger partial charge on any atom is -0.248 e. The molecule has 43 heavy (non-hydrogen) atoms. The molecule has 0 saturated carbocycles. The van der Waals surface area contributed by atoms with Crippen LogP contribution in [0.3, 0.4) is 0 Å². The van der Waals surface area contributed by atoms with Gasteiger partial charge in [0.1, 0.15) is 0 Å². The van der Waals surface area contributed by atoms with Crippen molar-refractivity contribution >= 4 is 13.3 Å². The largest absolute Gasteiger partial charge is 0.248 e. The first-order valence-electron chi connectivity index (χ1n) is 15.2. The summed E-state index contributed by atoms with van der Waals surface area (Å²) in [5, 5.41) is 1.56. The van der Waals surface area contributed by atoms with Crippen molar-refractivity contribution < 1.29 is 0 Å². The van der Waals surface area contributed by atoms with Gasteiger partial charge in [-0.15, -0.1) is 0 Å². The maximum absolute atomic E-state index is 5.18. The molecule has 7 rings (SSSR count). The lowest BCUT2D eigenvalue weighted by atomic mass is 9.81. The Labute approximate surface area is 257 Å². The summed E-state index contributed by atoms with van der Waals surface area (Å²) in [6.07, 6.45) is 0. The average molecular weight is 572 g/mol. The lowest BCUT2D eigenvalue weighted by Crippen LogP contribution is -2.39. The Morgan fingerprint density at radius 3 is 1.74 bits per heavy atom. The summed E-state index contributed by atoms with van der Waals surface area (Å²) >= 11 is 0. The normalized spacial score (nSPS) is 13.4. The van der Waals surface area contributed by atoms with Crippen molar-refractivity contribution in [2.24, 2.45) is 0 Å². The monoisotopic (exact) mass is 571 g/mol. The molecule has 1 aliphatic carbocycles. The number of rotatable bonds is 5. The molecule has 210 valence electrons. The second kappa shape index (κ2) is 10.3. The highest BCUT2D eigenvalue weighted by Crippen LogP contribution is 2.49. The van der Waals surface area contributed by atoms with Gasteiger partial charge >= 0.3 is 0 Å². The third kappa shape index (κ3) is 4.86. The molecule has 5 aromatic carbocycles. The molecule has 1 aromatic heterocycles. The van der Waals surface area contributed by atoms with Gasteiger partial charge in [0.2, 0.25) is 0 Å². The van der Waals surface area contributed by atoms with E-state index in [4.69, 9.17) is 4.98 Å². The Morgan fingerprint density at radius 2 is 1.05 bits per heavy atom. The number of pyridine rings is 1. The maximum Gasteiger partial charge on any atom is 0.0784 e. The van der Waals surface area contributed by atoms with Crippen LogP contribution in [-0.4, -0.2) is 13.1 Å². The SMILES string of the molecule is CC1(C)c2cc(-c3cccc(-c4cc(-c5ccccc5)cc(-c5ccccc5)n4)c3)ccc2-c2c1cccc2[Si](C)(C)C. The average Bonchev–Trinajstić information content (AvgIpc) is 3.27. The molecule has 0 N–H and O–H groups in total. The van der Waals surface area contributed by atoms with Crippen molar-refractivity contribution in [3.8, 4) is 55.9 Å². The van der Waals surface area contributed by atoms with E-state index in [0.717, 1.165) is 22.5 Å². The number of hydrogen-bond donors (Lipinski definition) is 0. The summed E-state index contributed by atoms with van der Waals surface area (Å²) in [4.78, 5) is 5.18. The van der Waals surface area contributed by atoms with Crippen LogP contribution in [-0.2, 0) is 5.41 Å². The van der Waals surface area contributed by atoms with Crippen LogP contribution >= 0.6 is 0 Å². The highest BCUT2D eigenvalue weighted by atomic mass is 28.3. The van der Waals surface area contributed by atoms with Crippen LogP contribution in [0, 0.1) is 0 Å². The highest BCUT2D eigenvalue weighted by molar-refractivity contribution is 6.89. The van der Waals surface area contributed by atoms with Crippen molar-refractivity contribution in [3.63, 3.8) is 0 Å². The molecule has 0 amide bonds. The fourth-order valence-corrected chi connectivity index (χ4v) is 8.30. The van der Waals surface area contributed by atoms with Gasteiger partial charge in [-0.3, -0.25) is 0 Å². The predicted octanol–water partition coefficient (Wildman–Crippen LogP) is 10.6. The topological polar surface area (TPSA) is 12.9 Å². The minimum atomic E-state index is -1.51. The van der Waals surface area contributed by atoms with Crippen LogP contribution in [0.5, 0.6) is 0 Å². The van der Waals surface area contributed by atoms with E-state index in [1.807, 2.05) is 0 Å². The molecule has 1 heterocycles. The third-order valence-corrected chi connectivity index (χ3v) is 11.0. The van der Waals surface area contributed by atoms with Crippen molar-refractivity contribution in [2.45, 2.75) is 38.9 Å². The number of aromatic nitrogens is 1. The van der Waals surface area contributed by atoms with Gasteiger partial charge < -0.3 is 0 Å². The van der Waals surface area contributed by atoms with Crippen molar-refractivity contribution in [3.05, 3.63) is 145 Å². The van der Waals surface area contributed by atoms with Crippen LogP contribution in [0.2, 0.25) is 19.6 Å². The molecule has 0 fully saturated rings. The number of nitrogens with zero attached hydrogens (tertiary/aromatic N) is 1. The zero-order valence-electron chi connectivity index (χ0n) is 25.6. The van der Waals surface area contributed by atoms with E-state index in [2.05, 4.69) is 167 Å². The van der Waals surface area contributed by atoms with Crippen molar-refractivity contribution in [1.29, 1.82) is 0 Å². The first-order valence-corrected chi connectivity index (χ1v) is 18.7. The Kier molecular flexibility index (Phi) is 6.56. The summed E-state index contributed by atoms with van der Waals surface area (Å²) in [7, 11) is -1.51. The maximum atomic E-state index is 5.18. The fourth-order valence-electron chi connectivity index (χ4n) is 6.68. The van der Waals surface area contributed by atoms with Crippen LogP contribution in [0.25, 0.3) is 55.9 Å². The second-order valence-corrected chi connectivity index (χ2v) is 18.3. The van der Waals surface area contributed by atoms with E-state index in [0.29, 0.717) is 0 Å². The molecule has 1 aliphatic rings. The van der Waals surface area contributed by atoms with Gasteiger partial charge in [0.15, 0.2) is 0 Å². The van der Waals surface area contributed by atoms with E-state index in [1.165, 1.54) is 44.5 Å². The molecule has 1 nitrogen and oxygen atoms in total. The summed E-state index contributed by atoms with van der Waals surface area (Å²) in [6.45, 7) is 12.1. The molecule has 6 aromatic rings. The molecular weight excluding hydrogens is 535 g/mol. The van der Waals surface area contributed by atoms with Gasteiger partial charge in [0.05, 0.1) is 19.5 Å². The summed E-state index contributed by atoms with van der Waals surface area (Å²) in [6, 6.07) is 48.5. The molecule has 2 heteroatoms. The van der Waals surface area contributed by atoms with E-state index >= 15 is 0 Å². The molecule has 0 unspecified atom stereocenters. The van der Waals surface area contributed by atoms with Gasteiger partial charge in [-0.2, -0.15) is 0 Å². The Bertz CT molecular complexity index is 1910. The van der Waals surface area contributed by atoms with Gasteiger partial charge in [0, 0.05) is 16.5 Å². The first kappa shape index (κ1) is 27.3. The zero-order valence-corrected chi connectivity index (χ0v) is 26.6.